The highest BCUT2D eigenvalue weighted by atomic mass is 35.5. The molecule has 0 fully saturated rings. The van der Waals surface area contributed by atoms with Crippen molar-refractivity contribution in [2.45, 2.75) is 13.5 Å². The van der Waals surface area contributed by atoms with Crippen LogP contribution in [0.25, 0.3) is 6.08 Å². The van der Waals surface area contributed by atoms with E-state index in [0.29, 0.717) is 10.6 Å². The minimum atomic E-state index is -0.746. The number of hydrogen-bond acceptors (Lipinski definition) is 2. The molecule has 2 aromatic rings. The zero-order valence-electron chi connectivity index (χ0n) is 11.8. The third-order valence-corrected chi connectivity index (χ3v) is 3.20. The number of esters is 1. The van der Waals surface area contributed by atoms with Crippen molar-refractivity contribution in [1.82, 2.24) is 0 Å². The summed E-state index contributed by atoms with van der Waals surface area (Å²) in [6.07, 6.45) is 1.59. The fraction of sp³-hybridized carbons (Fsp3) is 0.118. The molecule has 0 aromatic heterocycles. The SMILES string of the molecule is C/C(=C\c1cccc(Cl)c1)C(=O)OCc1c(F)cccc1F. The van der Waals surface area contributed by atoms with Gasteiger partial charge in [0.05, 0.1) is 5.56 Å². The van der Waals surface area contributed by atoms with Gasteiger partial charge in [-0.1, -0.05) is 29.8 Å². The highest BCUT2D eigenvalue weighted by Gasteiger charge is 2.12. The van der Waals surface area contributed by atoms with Gasteiger partial charge in [0.1, 0.15) is 18.2 Å². The molecule has 2 aromatic carbocycles. The summed E-state index contributed by atoms with van der Waals surface area (Å²) < 4.78 is 31.8. The van der Waals surface area contributed by atoms with Gasteiger partial charge in [0.15, 0.2) is 0 Å². The van der Waals surface area contributed by atoms with Gasteiger partial charge in [0.2, 0.25) is 0 Å². The van der Waals surface area contributed by atoms with Crippen molar-refractivity contribution in [1.29, 1.82) is 0 Å². The normalized spacial score (nSPS) is 11.4. The van der Waals surface area contributed by atoms with E-state index in [9.17, 15) is 13.6 Å². The summed E-state index contributed by atoms with van der Waals surface area (Å²) >= 11 is 5.86. The molecule has 0 saturated carbocycles. The van der Waals surface area contributed by atoms with Crippen LogP contribution in [-0.2, 0) is 16.1 Å². The molecule has 0 bridgehead atoms. The zero-order valence-corrected chi connectivity index (χ0v) is 12.5. The first-order valence-electron chi connectivity index (χ1n) is 6.51. The maximum Gasteiger partial charge on any atom is 0.334 e. The van der Waals surface area contributed by atoms with E-state index in [1.165, 1.54) is 6.07 Å². The smallest absolute Gasteiger partial charge is 0.334 e. The Hall–Kier alpha value is -2.20. The third-order valence-electron chi connectivity index (χ3n) is 2.96. The van der Waals surface area contributed by atoms with Crippen molar-refractivity contribution in [3.05, 3.63) is 75.8 Å². The Balaban J connectivity index is 2.06. The number of carbonyl (C=O) groups is 1. The van der Waals surface area contributed by atoms with Crippen LogP contribution in [0, 0.1) is 11.6 Å². The molecule has 0 radical (unpaired) electrons. The molecule has 5 heteroatoms. The summed E-state index contributed by atoms with van der Waals surface area (Å²) in [6, 6.07) is 10.4. The molecule has 0 heterocycles. The highest BCUT2D eigenvalue weighted by Crippen LogP contribution is 2.16. The predicted molar refractivity (Wildman–Crippen MR) is 81.3 cm³/mol. The number of halogens is 3. The Morgan fingerprint density at radius 2 is 1.82 bits per heavy atom. The van der Waals surface area contributed by atoms with Crippen LogP contribution in [0.2, 0.25) is 5.02 Å². The molecule has 2 nitrogen and oxygen atoms in total. The molecule has 22 heavy (non-hydrogen) atoms. The molecule has 0 aliphatic carbocycles. The van der Waals surface area contributed by atoms with Gasteiger partial charge < -0.3 is 4.74 Å². The lowest BCUT2D eigenvalue weighted by Crippen LogP contribution is -2.08. The van der Waals surface area contributed by atoms with Crippen molar-refractivity contribution in [2.75, 3.05) is 0 Å². The van der Waals surface area contributed by atoms with Crippen LogP contribution in [0.3, 0.4) is 0 Å². The van der Waals surface area contributed by atoms with Crippen molar-refractivity contribution in [2.24, 2.45) is 0 Å². The summed E-state index contributed by atoms with van der Waals surface area (Å²) in [5, 5.41) is 0.545. The van der Waals surface area contributed by atoms with Crippen LogP contribution < -0.4 is 0 Å². The van der Waals surface area contributed by atoms with Crippen molar-refractivity contribution in [3.63, 3.8) is 0 Å². The van der Waals surface area contributed by atoms with E-state index in [1.807, 2.05) is 0 Å². The first kappa shape index (κ1) is 16.2. The zero-order chi connectivity index (χ0) is 16.1. The quantitative estimate of drug-likeness (QED) is 0.599. The lowest BCUT2D eigenvalue weighted by molar-refractivity contribution is -0.140. The van der Waals surface area contributed by atoms with Gasteiger partial charge in [-0.2, -0.15) is 0 Å². The summed E-state index contributed by atoms with van der Waals surface area (Å²) in [7, 11) is 0. The predicted octanol–water partition coefficient (Wildman–Crippen LogP) is 4.76. The van der Waals surface area contributed by atoms with E-state index in [0.717, 1.165) is 17.7 Å². The number of carbonyl (C=O) groups excluding carboxylic acids is 1. The van der Waals surface area contributed by atoms with E-state index in [2.05, 4.69) is 0 Å². The molecule has 2 rings (SSSR count). The monoisotopic (exact) mass is 322 g/mol. The van der Waals surface area contributed by atoms with Crippen LogP contribution in [0.4, 0.5) is 8.78 Å². The Kier molecular flexibility index (Phi) is 5.28. The van der Waals surface area contributed by atoms with Gasteiger partial charge in [0, 0.05) is 10.6 Å². The van der Waals surface area contributed by atoms with Crippen LogP contribution >= 0.6 is 11.6 Å². The van der Waals surface area contributed by atoms with Gasteiger partial charge in [-0.05, 0) is 42.8 Å². The maximum atomic E-state index is 13.4. The lowest BCUT2D eigenvalue weighted by Gasteiger charge is -2.07. The first-order chi connectivity index (χ1) is 10.5. The fourth-order valence-electron chi connectivity index (χ4n) is 1.83. The van der Waals surface area contributed by atoms with Crippen LogP contribution in [0.15, 0.2) is 48.0 Å². The molecule has 0 N–H and O–H groups in total. The Morgan fingerprint density at radius 3 is 2.45 bits per heavy atom. The molecule has 0 atom stereocenters. The molecule has 114 valence electrons. The summed E-state index contributed by atoms with van der Waals surface area (Å²) in [4.78, 5) is 11.9. The van der Waals surface area contributed by atoms with Crippen LogP contribution in [0.5, 0.6) is 0 Å². The second-order valence-electron chi connectivity index (χ2n) is 4.66. The topological polar surface area (TPSA) is 26.3 Å². The van der Waals surface area contributed by atoms with Crippen molar-refractivity contribution < 1.29 is 18.3 Å². The van der Waals surface area contributed by atoms with E-state index >= 15 is 0 Å². The summed E-state index contributed by atoms with van der Waals surface area (Å²) in [6.45, 7) is 1.10. The third kappa shape index (κ3) is 4.15. The molecule has 0 aliphatic heterocycles. The van der Waals surface area contributed by atoms with Gasteiger partial charge in [0.25, 0.3) is 0 Å². The van der Waals surface area contributed by atoms with Crippen LogP contribution in [0.1, 0.15) is 18.1 Å². The minimum Gasteiger partial charge on any atom is -0.457 e. The average molecular weight is 323 g/mol. The summed E-state index contributed by atoms with van der Waals surface area (Å²) in [5.74, 6) is -2.14. The number of hydrogen-bond donors (Lipinski definition) is 0. The van der Waals surface area contributed by atoms with E-state index in [4.69, 9.17) is 16.3 Å². The van der Waals surface area contributed by atoms with Crippen LogP contribution in [-0.4, -0.2) is 5.97 Å². The molecular formula is C17H13ClF2O2. The van der Waals surface area contributed by atoms with Crippen molar-refractivity contribution in [3.8, 4) is 0 Å². The Bertz CT molecular complexity index is 706. The highest BCUT2D eigenvalue weighted by molar-refractivity contribution is 6.30. The number of rotatable bonds is 4. The molecule has 0 unspecified atom stereocenters. The van der Waals surface area contributed by atoms with E-state index in [1.54, 1.807) is 37.3 Å². The standard InChI is InChI=1S/C17H13ClF2O2/c1-11(8-12-4-2-5-13(18)9-12)17(21)22-10-14-15(19)6-3-7-16(14)20/h2-9H,10H2,1H3/b11-8+. The first-order valence-corrected chi connectivity index (χ1v) is 6.89. The second kappa shape index (κ2) is 7.18. The molecule has 0 amide bonds. The van der Waals surface area contributed by atoms with Gasteiger partial charge in [-0.15, -0.1) is 0 Å². The largest absolute Gasteiger partial charge is 0.457 e. The number of benzene rings is 2. The lowest BCUT2D eigenvalue weighted by atomic mass is 10.1. The maximum absolute atomic E-state index is 13.4. The van der Waals surface area contributed by atoms with Gasteiger partial charge in [-0.25, -0.2) is 13.6 Å². The molecule has 0 saturated heterocycles. The Morgan fingerprint density at radius 1 is 1.18 bits per heavy atom. The number of ether oxygens (including phenoxy) is 1. The summed E-state index contributed by atoms with van der Waals surface area (Å²) in [5.41, 5.74) is 0.768. The van der Waals surface area contributed by atoms with Crippen molar-refractivity contribution >= 4 is 23.6 Å². The average Bonchev–Trinajstić information content (AvgIpc) is 2.46. The van der Waals surface area contributed by atoms with Gasteiger partial charge >= 0.3 is 5.97 Å². The van der Waals surface area contributed by atoms with E-state index in [-0.39, 0.29) is 5.56 Å². The minimum absolute atomic E-state index is 0.272. The van der Waals surface area contributed by atoms with Gasteiger partial charge in [-0.3, -0.25) is 0 Å². The second-order valence-corrected chi connectivity index (χ2v) is 5.10. The molecule has 0 aliphatic rings. The molecular weight excluding hydrogens is 310 g/mol. The molecule has 0 spiro atoms. The Labute approximate surface area is 132 Å². The fourth-order valence-corrected chi connectivity index (χ4v) is 2.03. The van der Waals surface area contributed by atoms with E-state index < -0.39 is 24.2 Å².